The van der Waals surface area contributed by atoms with Crippen LogP contribution in [-0.2, 0) is 0 Å². The van der Waals surface area contributed by atoms with Gasteiger partial charge in [0.25, 0.3) is 0 Å². The lowest BCUT2D eigenvalue weighted by molar-refractivity contribution is 0.225. The average Bonchev–Trinajstić information content (AvgIpc) is 3.06. The molecule has 0 saturated heterocycles. The predicted octanol–water partition coefficient (Wildman–Crippen LogP) is 3.04. The van der Waals surface area contributed by atoms with Gasteiger partial charge in [0, 0.05) is 11.9 Å². The fraction of sp³-hybridized carbons (Fsp3) is 0.158. The quantitative estimate of drug-likeness (QED) is 0.670. The molecule has 0 spiro atoms. The van der Waals surface area contributed by atoms with E-state index >= 15 is 0 Å². The fourth-order valence-electron chi connectivity index (χ4n) is 2.62. The number of aliphatic hydroxyl groups is 1. The van der Waals surface area contributed by atoms with Gasteiger partial charge < -0.3 is 15.7 Å². The number of nitrogens with one attached hydrogen (secondary N) is 2. The molecule has 2 amide bonds. The smallest absolute Gasteiger partial charge is 0.319 e. The first-order valence-corrected chi connectivity index (χ1v) is 8.02. The molecule has 6 nitrogen and oxygen atoms in total. The van der Waals surface area contributed by atoms with Crippen LogP contribution >= 0.6 is 0 Å². The Morgan fingerprint density at radius 1 is 1.12 bits per heavy atom. The minimum atomic E-state index is -0.472. The van der Waals surface area contributed by atoms with Crippen LogP contribution in [-0.4, -0.2) is 27.5 Å². The Balaban J connectivity index is 1.77. The third kappa shape index (κ3) is 3.87. The molecule has 0 bridgehead atoms. The maximum Gasteiger partial charge on any atom is 0.319 e. The van der Waals surface area contributed by atoms with E-state index in [1.54, 1.807) is 10.9 Å². The van der Waals surface area contributed by atoms with Crippen LogP contribution in [0.2, 0.25) is 0 Å². The zero-order valence-corrected chi connectivity index (χ0v) is 13.9. The molecule has 3 N–H and O–H groups in total. The number of para-hydroxylation sites is 2. The number of hydrogen-bond donors (Lipinski definition) is 3. The third-order valence-corrected chi connectivity index (χ3v) is 3.90. The Morgan fingerprint density at radius 2 is 1.84 bits per heavy atom. The molecule has 1 aromatic heterocycles. The van der Waals surface area contributed by atoms with Crippen LogP contribution in [0.4, 0.5) is 10.5 Å². The summed E-state index contributed by atoms with van der Waals surface area (Å²) in [6.07, 6.45) is 1.71. The van der Waals surface area contributed by atoms with Gasteiger partial charge in [0.2, 0.25) is 0 Å². The highest BCUT2D eigenvalue weighted by atomic mass is 16.3. The summed E-state index contributed by atoms with van der Waals surface area (Å²) in [5.41, 5.74) is 3.22. The van der Waals surface area contributed by atoms with E-state index in [-0.39, 0.29) is 12.6 Å². The summed E-state index contributed by atoms with van der Waals surface area (Å²) in [6, 6.07) is 17.8. The van der Waals surface area contributed by atoms with Gasteiger partial charge in [0.1, 0.15) is 0 Å². The standard InChI is InChI=1S/C19H20N4O2/c1-14-11-12-20-23(14)18-10-6-5-9-16(18)21-19(25)22-17(13-24)15-7-3-2-4-8-15/h2-12,17,24H,13H2,1H3,(H2,21,22,25)/t17-/m0/s1. The number of carbonyl (C=O) groups excluding carboxylic acids is 1. The van der Waals surface area contributed by atoms with Crippen molar-refractivity contribution in [2.24, 2.45) is 0 Å². The number of amides is 2. The van der Waals surface area contributed by atoms with E-state index in [9.17, 15) is 9.90 Å². The number of benzene rings is 2. The van der Waals surface area contributed by atoms with Crippen molar-refractivity contribution in [1.82, 2.24) is 15.1 Å². The first-order valence-electron chi connectivity index (χ1n) is 8.02. The van der Waals surface area contributed by atoms with Crippen molar-refractivity contribution in [3.8, 4) is 5.69 Å². The van der Waals surface area contributed by atoms with Crippen molar-refractivity contribution in [3.63, 3.8) is 0 Å². The lowest BCUT2D eigenvalue weighted by Crippen LogP contribution is -2.34. The maximum atomic E-state index is 12.4. The number of anilines is 1. The minimum Gasteiger partial charge on any atom is -0.394 e. The van der Waals surface area contributed by atoms with Crippen LogP contribution in [0.3, 0.4) is 0 Å². The van der Waals surface area contributed by atoms with E-state index < -0.39 is 6.04 Å². The summed E-state index contributed by atoms with van der Waals surface area (Å²) < 4.78 is 1.76. The van der Waals surface area contributed by atoms with E-state index in [2.05, 4.69) is 15.7 Å². The molecule has 2 aromatic carbocycles. The highest BCUT2D eigenvalue weighted by Gasteiger charge is 2.15. The van der Waals surface area contributed by atoms with E-state index in [4.69, 9.17) is 0 Å². The largest absolute Gasteiger partial charge is 0.394 e. The van der Waals surface area contributed by atoms with Crippen molar-refractivity contribution in [1.29, 1.82) is 0 Å². The monoisotopic (exact) mass is 336 g/mol. The van der Waals surface area contributed by atoms with E-state index in [0.717, 1.165) is 16.9 Å². The lowest BCUT2D eigenvalue weighted by atomic mass is 10.1. The van der Waals surface area contributed by atoms with Crippen molar-refractivity contribution in [3.05, 3.63) is 78.1 Å². The molecule has 1 atom stereocenters. The number of aryl methyl sites for hydroxylation is 1. The molecule has 0 unspecified atom stereocenters. The van der Waals surface area contributed by atoms with Crippen molar-refractivity contribution < 1.29 is 9.90 Å². The number of hydrogen-bond acceptors (Lipinski definition) is 3. The first-order chi connectivity index (χ1) is 12.2. The highest BCUT2D eigenvalue weighted by molar-refractivity contribution is 5.91. The normalized spacial score (nSPS) is 11.8. The SMILES string of the molecule is Cc1ccnn1-c1ccccc1NC(=O)N[C@@H](CO)c1ccccc1. The number of urea groups is 1. The lowest BCUT2D eigenvalue weighted by Gasteiger charge is -2.18. The maximum absolute atomic E-state index is 12.4. The van der Waals surface area contributed by atoms with Gasteiger partial charge in [-0.1, -0.05) is 42.5 Å². The van der Waals surface area contributed by atoms with Crippen LogP contribution in [0.25, 0.3) is 5.69 Å². The Kier molecular flexibility index (Phi) is 5.11. The molecule has 25 heavy (non-hydrogen) atoms. The Labute approximate surface area is 146 Å². The topological polar surface area (TPSA) is 79.2 Å². The Bertz CT molecular complexity index is 845. The summed E-state index contributed by atoms with van der Waals surface area (Å²) in [5, 5.41) is 19.5. The Morgan fingerprint density at radius 3 is 2.52 bits per heavy atom. The molecule has 128 valence electrons. The molecule has 6 heteroatoms. The third-order valence-electron chi connectivity index (χ3n) is 3.90. The van der Waals surface area contributed by atoms with E-state index in [0.29, 0.717) is 5.69 Å². The van der Waals surface area contributed by atoms with Crippen LogP contribution in [0, 0.1) is 6.92 Å². The second kappa shape index (κ2) is 7.63. The van der Waals surface area contributed by atoms with Gasteiger partial charge in [0.15, 0.2) is 0 Å². The average molecular weight is 336 g/mol. The predicted molar refractivity (Wildman–Crippen MR) is 96.7 cm³/mol. The molecule has 0 aliphatic heterocycles. The van der Waals surface area contributed by atoms with Crippen LogP contribution in [0.15, 0.2) is 66.9 Å². The van der Waals surface area contributed by atoms with Crippen LogP contribution in [0.5, 0.6) is 0 Å². The molecule has 3 rings (SSSR count). The molecular weight excluding hydrogens is 316 g/mol. The summed E-state index contributed by atoms with van der Waals surface area (Å²) in [6.45, 7) is 1.76. The van der Waals surface area contributed by atoms with E-state index in [1.807, 2.05) is 67.6 Å². The van der Waals surface area contributed by atoms with Gasteiger partial charge in [-0.15, -0.1) is 0 Å². The summed E-state index contributed by atoms with van der Waals surface area (Å²) in [5.74, 6) is 0. The van der Waals surface area contributed by atoms with Gasteiger partial charge in [-0.25, -0.2) is 9.48 Å². The zero-order valence-electron chi connectivity index (χ0n) is 13.9. The van der Waals surface area contributed by atoms with Gasteiger partial charge in [-0.3, -0.25) is 0 Å². The van der Waals surface area contributed by atoms with Crippen molar-refractivity contribution in [2.45, 2.75) is 13.0 Å². The fourth-order valence-corrected chi connectivity index (χ4v) is 2.62. The molecule has 1 heterocycles. The first kappa shape index (κ1) is 16.7. The molecule has 0 radical (unpaired) electrons. The second-order valence-electron chi connectivity index (χ2n) is 5.65. The van der Waals surface area contributed by atoms with Gasteiger partial charge in [-0.05, 0) is 30.7 Å². The van der Waals surface area contributed by atoms with E-state index in [1.165, 1.54) is 0 Å². The summed E-state index contributed by atoms with van der Waals surface area (Å²) >= 11 is 0. The number of carbonyl (C=O) groups is 1. The molecule has 0 aliphatic carbocycles. The number of nitrogens with zero attached hydrogens (tertiary/aromatic N) is 2. The molecule has 0 saturated carbocycles. The van der Waals surface area contributed by atoms with Crippen molar-refractivity contribution >= 4 is 11.7 Å². The highest BCUT2D eigenvalue weighted by Crippen LogP contribution is 2.21. The Hall–Kier alpha value is -3.12. The van der Waals surface area contributed by atoms with Gasteiger partial charge in [0.05, 0.1) is 24.0 Å². The molecular formula is C19H20N4O2. The number of aliphatic hydroxyl groups excluding tert-OH is 1. The summed E-state index contributed by atoms with van der Waals surface area (Å²) in [7, 11) is 0. The minimum absolute atomic E-state index is 0.183. The van der Waals surface area contributed by atoms with Crippen LogP contribution in [0.1, 0.15) is 17.3 Å². The number of aromatic nitrogens is 2. The molecule has 0 fully saturated rings. The van der Waals surface area contributed by atoms with Crippen molar-refractivity contribution in [2.75, 3.05) is 11.9 Å². The van der Waals surface area contributed by atoms with Gasteiger partial charge in [-0.2, -0.15) is 5.10 Å². The number of rotatable bonds is 5. The van der Waals surface area contributed by atoms with Gasteiger partial charge >= 0.3 is 6.03 Å². The zero-order chi connectivity index (χ0) is 17.6. The molecule has 0 aliphatic rings. The second-order valence-corrected chi connectivity index (χ2v) is 5.65. The van der Waals surface area contributed by atoms with Crippen LogP contribution < -0.4 is 10.6 Å². The summed E-state index contributed by atoms with van der Waals surface area (Å²) in [4.78, 5) is 12.4. The molecule has 3 aromatic rings.